The zero-order valence-electron chi connectivity index (χ0n) is 8.47. The highest BCUT2D eigenvalue weighted by atomic mass is 16.3. The average molecular weight is 202 g/mol. The Morgan fingerprint density at radius 3 is 2.93 bits per heavy atom. The molecule has 0 aliphatic heterocycles. The number of nitrogens with zero attached hydrogens (tertiary/aromatic N) is 2. The van der Waals surface area contributed by atoms with Gasteiger partial charge >= 0.3 is 0 Å². The van der Waals surface area contributed by atoms with Crippen LogP contribution in [0.3, 0.4) is 0 Å². The van der Waals surface area contributed by atoms with Gasteiger partial charge in [0.2, 0.25) is 5.88 Å². The monoisotopic (exact) mass is 202 g/mol. The molecule has 1 N–H and O–H groups in total. The second-order valence-corrected chi connectivity index (χ2v) is 3.17. The van der Waals surface area contributed by atoms with E-state index in [1.54, 1.807) is 12.5 Å². The van der Waals surface area contributed by atoms with Gasteiger partial charge in [-0.25, -0.2) is 4.98 Å². The molecule has 2 aromatic rings. The smallest absolute Gasteiger partial charge is 0.200 e. The van der Waals surface area contributed by atoms with E-state index in [4.69, 9.17) is 10.2 Å². The topological polar surface area (TPSA) is 53.1 Å². The lowest BCUT2D eigenvalue weighted by atomic mass is 10.2. The number of aromatic nitrogens is 1. The maximum Gasteiger partial charge on any atom is 0.200 e. The molecule has 0 aliphatic rings. The van der Waals surface area contributed by atoms with Crippen LogP contribution >= 0.6 is 0 Å². The average Bonchev–Trinajstić information content (AvgIpc) is 2.81. The minimum Gasteiger partial charge on any atom is -0.448 e. The van der Waals surface area contributed by atoms with Crippen LogP contribution in [0.5, 0.6) is 0 Å². The molecule has 0 amide bonds. The van der Waals surface area contributed by atoms with Gasteiger partial charge in [-0.15, -0.1) is 0 Å². The fourth-order valence-electron chi connectivity index (χ4n) is 1.44. The van der Waals surface area contributed by atoms with Gasteiger partial charge in [0.15, 0.2) is 0 Å². The summed E-state index contributed by atoms with van der Waals surface area (Å²) < 4.78 is 5.27. The number of hydrogen-bond donors (Lipinski definition) is 0. The number of hydrogen-bond acceptors (Lipinski definition) is 3. The van der Waals surface area contributed by atoms with Crippen molar-refractivity contribution in [3.63, 3.8) is 0 Å². The third-order valence-corrected chi connectivity index (χ3v) is 2.21. The van der Waals surface area contributed by atoms with Gasteiger partial charge in [-0.2, -0.15) is 0 Å². The molecule has 2 rings (SSSR count). The van der Waals surface area contributed by atoms with Crippen molar-refractivity contribution >= 4 is 11.7 Å². The molecule has 0 atom stereocenters. The highest BCUT2D eigenvalue weighted by Gasteiger charge is 2.10. The molecular formula is C11H12N3O. The van der Waals surface area contributed by atoms with Crippen LogP contribution < -0.4 is 10.6 Å². The van der Waals surface area contributed by atoms with Crippen molar-refractivity contribution in [3.8, 4) is 0 Å². The standard InChI is InChI=1S/C11H12N3O/c1-14(10-5-3-7-15-10)11-9(8-12)4-2-6-13-11/h2-7,12H,8H2,1H3. The molecule has 77 valence electrons. The molecule has 0 saturated carbocycles. The van der Waals surface area contributed by atoms with Gasteiger partial charge in [0.1, 0.15) is 5.82 Å². The van der Waals surface area contributed by atoms with E-state index >= 15 is 0 Å². The number of nitrogens with one attached hydrogen (secondary N) is 1. The van der Waals surface area contributed by atoms with Gasteiger partial charge < -0.3 is 4.42 Å². The number of anilines is 2. The van der Waals surface area contributed by atoms with Gasteiger partial charge in [-0.05, 0) is 12.1 Å². The first-order valence-electron chi connectivity index (χ1n) is 4.68. The van der Waals surface area contributed by atoms with Gasteiger partial charge in [0, 0.05) is 31.4 Å². The molecule has 0 aromatic carbocycles. The van der Waals surface area contributed by atoms with Crippen LogP contribution in [0.4, 0.5) is 11.7 Å². The van der Waals surface area contributed by atoms with E-state index < -0.39 is 0 Å². The lowest BCUT2D eigenvalue weighted by Crippen LogP contribution is -2.12. The minimum atomic E-state index is 0.216. The Labute approximate surface area is 88.3 Å². The van der Waals surface area contributed by atoms with Crippen molar-refractivity contribution < 1.29 is 4.42 Å². The summed E-state index contributed by atoms with van der Waals surface area (Å²) in [5.74, 6) is 1.49. The van der Waals surface area contributed by atoms with Crippen LogP contribution in [0.15, 0.2) is 41.1 Å². The molecule has 2 aromatic heterocycles. The molecule has 2 heterocycles. The molecule has 0 aliphatic carbocycles. The molecule has 0 spiro atoms. The molecule has 0 bridgehead atoms. The Hall–Kier alpha value is -1.81. The van der Waals surface area contributed by atoms with Gasteiger partial charge in [0.05, 0.1) is 6.26 Å². The summed E-state index contributed by atoms with van der Waals surface area (Å²) in [5, 5.41) is 0. The van der Waals surface area contributed by atoms with E-state index in [0.29, 0.717) is 0 Å². The first-order chi connectivity index (χ1) is 7.33. The number of pyridine rings is 1. The molecule has 15 heavy (non-hydrogen) atoms. The quantitative estimate of drug-likeness (QED) is 0.766. The molecule has 4 nitrogen and oxygen atoms in total. The predicted molar refractivity (Wildman–Crippen MR) is 57.8 cm³/mol. The highest BCUT2D eigenvalue weighted by molar-refractivity contribution is 5.57. The number of rotatable bonds is 3. The zero-order chi connectivity index (χ0) is 10.7. The van der Waals surface area contributed by atoms with Crippen molar-refractivity contribution in [1.82, 2.24) is 10.7 Å². The second kappa shape index (κ2) is 4.14. The Morgan fingerprint density at radius 1 is 1.40 bits per heavy atom. The predicted octanol–water partition coefficient (Wildman–Crippen LogP) is 2.23. The van der Waals surface area contributed by atoms with Crippen LogP contribution in [0.25, 0.3) is 0 Å². The van der Waals surface area contributed by atoms with E-state index in [9.17, 15) is 0 Å². The van der Waals surface area contributed by atoms with E-state index in [-0.39, 0.29) is 6.54 Å². The van der Waals surface area contributed by atoms with Crippen LogP contribution in [0, 0.1) is 0 Å². The Kier molecular flexibility index (Phi) is 2.69. The molecule has 0 saturated heterocycles. The summed E-state index contributed by atoms with van der Waals surface area (Å²) in [6.07, 6.45) is 3.34. The van der Waals surface area contributed by atoms with Gasteiger partial charge in [0.25, 0.3) is 0 Å². The maximum absolute atomic E-state index is 7.41. The van der Waals surface area contributed by atoms with Crippen LogP contribution in [0.1, 0.15) is 5.56 Å². The largest absolute Gasteiger partial charge is 0.448 e. The van der Waals surface area contributed by atoms with E-state index in [1.165, 1.54) is 0 Å². The van der Waals surface area contributed by atoms with Crippen molar-refractivity contribution in [2.45, 2.75) is 6.54 Å². The summed E-state index contributed by atoms with van der Waals surface area (Å²) >= 11 is 0. The summed E-state index contributed by atoms with van der Waals surface area (Å²) in [7, 11) is 1.88. The third-order valence-electron chi connectivity index (χ3n) is 2.21. The van der Waals surface area contributed by atoms with Gasteiger partial charge in [-0.3, -0.25) is 10.6 Å². The molecular weight excluding hydrogens is 190 g/mol. The number of furan rings is 1. The van der Waals surface area contributed by atoms with Crippen LogP contribution in [-0.2, 0) is 6.54 Å². The molecule has 4 heteroatoms. The second-order valence-electron chi connectivity index (χ2n) is 3.17. The van der Waals surface area contributed by atoms with E-state index in [0.717, 1.165) is 17.3 Å². The SMILES string of the molecule is CN(c1ccco1)c1ncccc1C[NH]. The van der Waals surface area contributed by atoms with E-state index in [2.05, 4.69) is 4.98 Å². The lowest BCUT2D eigenvalue weighted by molar-refractivity contribution is 0.568. The first-order valence-corrected chi connectivity index (χ1v) is 4.68. The van der Waals surface area contributed by atoms with Crippen molar-refractivity contribution in [3.05, 3.63) is 42.3 Å². The Bertz CT molecular complexity index is 425. The molecule has 1 radical (unpaired) electrons. The first kappa shape index (κ1) is 9.73. The molecule has 0 unspecified atom stereocenters. The van der Waals surface area contributed by atoms with E-state index in [1.807, 2.05) is 36.2 Å². The lowest BCUT2D eigenvalue weighted by Gasteiger charge is -2.17. The third kappa shape index (κ3) is 1.85. The van der Waals surface area contributed by atoms with Crippen molar-refractivity contribution in [2.24, 2.45) is 0 Å². The normalized spacial score (nSPS) is 10.3. The van der Waals surface area contributed by atoms with Crippen LogP contribution in [-0.4, -0.2) is 12.0 Å². The fraction of sp³-hybridized carbons (Fsp3) is 0.182. The van der Waals surface area contributed by atoms with Gasteiger partial charge in [-0.1, -0.05) is 6.07 Å². The van der Waals surface area contributed by atoms with Crippen molar-refractivity contribution in [1.29, 1.82) is 0 Å². The Balaban J connectivity index is 2.37. The highest BCUT2D eigenvalue weighted by Crippen LogP contribution is 2.24. The Morgan fingerprint density at radius 2 is 2.27 bits per heavy atom. The maximum atomic E-state index is 7.41. The minimum absolute atomic E-state index is 0.216. The summed E-state index contributed by atoms with van der Waals surface area (Å²) in [6, 6.07) is 7.43. The summed E-state index contributed by atoms with van der Waals surface area (Å²) in [6.45, 7) is 0.216. The van der Waals surface area contributed by atoms with Crippen LogP contribution in [0.2, 0.25) is 0 Å². The molecule has 0 fully saturated rings. The summed E-state index contributed by atoms with van der Waals surface area (Å²) in [4.78, 5) is 6.09. The zero-order valence-corrected chi connectivity index (χ0v) is 8.47. The summed E-state index contributed by atoms with van der Waals surface area (Å²) in [5.41, 5.74) is 8.29. The fourth-order valence-corrected chi connectivity index (χ4v) is 1.44. The van der Waals surface area contributed by atoms with Crippen molar-refractivity contribution in [2.75, 3.05) is 11.9 Å².